The number of nitrogens with one attached hydrogen (secondary N) is 2. The highest BCUT2D eigenvalue weighted by molar-refractivity contribution is 7.99. The van der Waals surface area contributed by atoms with Crippen LogP contribution in [0.5, 0.6) is 0 Å². The van der Waals surface area contributed by atoms with Gasteiger partial charge in [0.1, 0.15) is 5.69 Å². The number of thioether (sulfide) groups is 1. The van der Waals surface area contributed by atoms with Gasteiger partial charge >= 0.3 is 0 Å². The first-order valence-electron chi connectivity index (χ1n) is 17.3. The minimum atomic E-state index is -0.402. The van der Waals surface area contributed by atoms with Crippen LogP contribution in [0, 0.1) is 15.5 Å². The fraction of sp³-hybridized carbons (Fsp3) is 0.341. The van der Waals surface area contributed by atoms with Crippen molar-refractivity contribution in [1.29, 1.82) is 0 Å². The minimum absolute atomic E-state index is 0.0267. The van der Waals surface area contributed by atoms with Crippen LogP contribution in [0.1, 0.15) is 51.4 Å². The lowest BCUT2D eigenvalue weighted by Gasteiger charge is -2.37. The maximum Gasteiger partial charge on any atom is 0.293 e. The summed E-state index contributed by atoms with van der Waals surface area (Å²) in [5, 5.41) is 15.0. The van der Waals surface area contributed by atoms with E-state index >= 15 is 0 Å². The molecule has 3 aromatic rings. The summed E-state index contributed by atoms with van der Waals surface area (Å²) in [6.45, 7) is 24.5. The van der Waals surface area contributed by atoms with Gasteiger partial charge in [-0.25, -0.2) is 0 Å². The van der Waals surface area contributed by atoms with E-state index in [0.717, 1.165) is 78.6 Å². The van der Waals surface area contributed by atoms with Crippen molar-refractivity contribution in [3.05, 3.63) is 136 Å². The average Bonchev–Trinajstić information content (AvgIpc) is 3.11. The number of amides is 1. The van der Waals surface area contributed by atoms with Gasteiger partial charge in [0.2, 0.25) is 0 Å². The number of hydrogen-bond acceptors (Lipinski definition) is 8. The molecule has 1 heterocycles. The Morgan fingerprint density at radius 3 is 2.25 bits per heavy atom. The Labute approximate surface area is 312 Å². The number of anilines is 2. The monoisotopic (exact) mass is 725 g/mol. The van der Waals surface area contributed by atoms with E-state index in [1.54, 1.807) is 23.9 Å². The first-order chi connectivity index (χ1) is 24.3. The summed E-state index contributed by atoms with van der Waals surface area (Å²) in [5.41, 5.74) is 6.95. The van der Waals surface area contributed by atoms with Crippen LogP contribution in [0.2, 0.25) is 0 Å². The largest absolute Gasteiger partial charge is 0.379 e. The second kappa shape index (κ2) is 18.8. The molecule has 0 radical (unpaired) electrons. The molecule has 1 amide bonds. The molecule has 0 aromatic heterocycles. The molecule has 270 valence electrons. The van der Waals surface area contributed by atoms with Crippen LogP contribution >= 0.6 is 23.7 Å². The molecule has 0 spiro atoms. The van der Waals surface area contributed by atoms with Crippen molar-refractivity contribution in [3.8, 4) is 0 Å². The normalized spacial score (nSPS) is 14.3. The Balaban J connectivity index is 1.28. The summed E-state index contributed by atoms with van der Waals surface area (Å²) in [6, 6.07) is 22.6. The molecular weight excluding hydrogens is 675 g/mol. The van der Waals surface area contributed by atoms with Crippen molar-refractivity contribution in [2.45, 2.75) is 50.8 Å². The third-order valence-corrected chi connectivity index (χ3v) is 10.3. The van der Waals surface area contributed by atoms with Gasteiger partial charge in [-0.1, -0.05) is 75.4 Å². The van der Waals surface area contributed by atoms with Crippen LogP contribution in [-0.4, -0.2) is 60.8 Å². The standard InChI is InChI=1S/C41H51N5O3S2/c1-30(2)13-14-31(3)32(4)34(28-41(5,6)7)29-44-22-24-45(25-23-44)35-17-15-33(16-18-35)40(47)43-51-37-19-20-38(39(27-37)46(48)49)42-21-26-50-36-11-9-8-10-12-36/h8-20,27,42H,1,3,21-26,28-29H2,2,4-7H3,(H,43,47)/b14-13-,34-32-. The van der Waals surface area contributed by atoms with Crippen molar-refractivity contribution in [3.63, 3.8) is 0 Å². The molecule has 2 N–H and O–H groups in total. The van der Waals surface area contributed by atoms with E-state index in [2.05, 4.69) is 66.8 Å². The van der Waals surface area contributed by atoms with E-state index < -0.39 is 4.92 Å². The average molecular weight is 726 g/mol. The molecule has 1 fully saturated rings. The number of rotatable bonds is 16. The molecule has 0 aliphatic carbocycles. The van der Waals surface area contributed by atoms with Crippen LogP contribution in [0.4, 0.5) is 17.1 Å². The molecule has 0 saturated carbocycles. The predicted octanol–water partition coefficient (Wildman–Crippen LogP) is 9.80. The van der Waals surface area contributed by atoms with Gasteiger partial charge in [-0.05, 0) is 97.3 Å². The first-order valence-corrected chi connectivity index (χ1v) is 19.1. The smallest absolute Gasteiger partial charge is 0.293 e. The SMILES string of the molecule is C=C(C)/C=C\C(=C)/C(C)=C(\CN1CCN(c2ccc(C(=O)NSc3ccc(NCCSc4ccccc4)c([N+](=O)[O-])c3)cc2)CC1)CC(C)(C)C. The summed E-state index contributed by atoms with van der Waals surface area (Å²) < 4.78 is 2.83. The van der Waals surface area contributed by atoms with E-state index in [1.165, 1.54) is 17.2 Å². The van der Waals surface area contributed by atoms with Crippen LogP contribution in [0.25, 0.3) is 0 Å². The van der Waals surface area contributed by atoms with E-state index in [4.69, 9.17) is 0 Å². The second-order valence-corrected chi connectivity index (χ2v) is 16.1. The third-order valence-electron chi connectivity index (χ3n) is 8.46. The van der Waals surface area contributed by atoms with Crippen molar-refractivity contribution >= 4 is 46.7 Å². The number of benzene rings is 3. The van der Waals surface area contributed by atoms with Crippen LogP contribution in [0.3, 0.4) is 0 Å². The molecule has 0 unspecified atom stereocenters. The van der Waals surface area contributed by atoms with Gasteiger partial charge in [0, 0.05) is 72.1 Å². The topological polar surface area (TPSA) is 90.8 Å². The van der Waals surface area contributed by atoms with Gasteiger partial charge in [-0.3, -0.25) is 24.5 Å². The summed E-state index contributed by atoms with van der Waals surface area (Å²) in [6.07, 6.45) is 5.10. The molecule has 1 aliphatic heterocycles. The molecular formula is C41H51N5O3S2. The fourth-order valence-corrected chi connectivity index (χ4v) is 7.14. The number of carbonyl (C=O) groups excluding carboxylic acids is 1. The Bertz CT molecular complexity index is 1740. The molecule has 3 aromatic carbocycles. The molecule has 0 atom stereocenters. The predicted molar refractivity (Wildman–Crippen MR) is 217 cm³/mol. The van der Waals surface area contributed by atoms with Gasteiger partial charge in [-0.2, -0.15) is 0 Å². The number of hydrogen-bond donors (Lipinski definition) is 2. The van der Waals surface area contributed by atoms with E-state index in [-0.39, 0.29) is 17.0 Å². The summed E-state index contributed by atoms with van der Waals surface area (Å²) in [5.74, 6) is 0.511. The maximum absolute atomic E-state index is 13.0. The Morgan fingerprint density at radius 1 is 0.941 bits per heavy atom. The lowest BCUT2D eigenvalue weighted by molar-refractivity contribution is -0.384. The maximum atomic E-state index is 13.0. The van der Waals surface area contributed by atoms with Gasteiger partial charge in [0.05, 0.1) is 4.92 Å². The van der Waals surface area contributed by atoms with Crippen LogP contribution < -0.4 is 14.9 Å². The highest BCUT2D eigenvalue weighted by Crippen LogP contribution is 2.31. The van der Waals surface area contributed by atoms with E-state index in [9.17, 15) is 14.9 Å². The second-order valence-electron chi connectivity index (χ2n) is 14.0. The summed E-state index contributed by atoms with van der Waals surface area (Å²) >= 11 is 2.75. The highest BCUT2D eigenvalue weighted by atomic mass is 32.2. The Hall–Kier alpha value is -4.25. The van der Waals surface area contributed by atoms with Gasteiger partial charge in [0.25, 0.3) is 11.6 Å². The number of carbonyl (C=O) groups is 1. The third kappa shape index (κ3) is 12.8. The summed E-state index contributed by atoms with van der Waals surface area (Å²) in [7, 11) is 0. The zero-order valence-electron chi connectivity index (χ0n) is 30.5. The quantitative estimate of drug-likeness (QED) is 0.0377. The van der Waals surface area contributed by atoms with E-state index in [1.807, 2.05) is 67.6 Å². The Morgan fingerprint density at radius 2 is 1.63 bits per heavy atom. The molecule has 51 heavy (non-hydrogen) atoms. The fourth-order valence-electron chi connectivity index (χ4n) is 5.71. The van der Waals surface area contributed by atoms with Crippen LogP contribution in [-0.2, 0) is 0 Å². The molecule has 0 bridgehead atoms. The number of piperazine rings is 1. The van der Waals surface area contributed by atoms with Crippen molar-refractivity contribution in [1.82, 2.24) is 9.62 Å². The highest BCUT2D eigenvalue weighted by Gasteiger charge is 2.22. The molecule has 1 aliphatic rings. The van der Waals surface area contributed by atoms with Crippen molar-refractivity contribution in [2.75, 3.05) is 55.2 Å². The zero-order chi connectivity index (χ0) is 37.0. The Kier molecular flexibility index (Phi) is 14.6. The molecule has 10 heteroatoms. The van der Waals surface area contributed by atoms with Crippen molar-refractivity contribution in [2.24, 2.45) is 5.41 Å². The number of nitro groups is 1. The van der Waals surface area contributed by atoms with Gasteiger partial charge in [0.15, 0.2) is 0 Å². The van der Waals surface area contributed by atoms with E-state index in [0.29, 0.717) is 22.7 Å². The summed E-state index contributed by atoms with van der Waals surface area (Å²) in [4.78, 5) is 31.0. The minimum Gasteiger partial charge on any atom is -0.379 e. The lowest BCUT2D eigenvalue weighted by atomic mass is 9.84. The molecule has 8 nitrogen and oxygen atoms in total. The van der Waals surface area contributed by atoms with Gasteiger partial charge in [-0.15, -0.1) is 11.8 Å². The van der Waals surface area contributed by atoms with Gasteiger partial charge < -0.3 is 10.2 Å². The first kappa shape index (κ1) is 39.5. The lowest BCUT2D eigenvalue weighted by Crippen LogP contribution is -2.47. The zero-order valence-corrected chi connectivity index (χ0v) is 32.2. The van der Waals surface area contributed by atoms with Crippen molar-refractivity contribution < 1.29 is 9.72 Å². The number of allylic oxidation sites excluding steroid dienone is 5. The molecule has 4 rings (SSSR count). The number of nitrogens with zero attached hydrogens (tertiary/aromatic N) is 3. The number of nitro benzene ring substituents is 1. The van der Waals surface area contributed by atoms with Crippen LogP contribution in [0.15, 0.2) is 130 Å². The molecule has 1 saturated heterocycles.